The number of fused-ring (bicyclic) bond motifs is 1. The van der Waals surface area contributed by atoms with Gasteiger partial charge in [0, 0.05) is 31.1 Å². The standard InChI is InChI=1S/C17H23N7S/c1-4-13-12(2)25-16(21-13)8-9-19-17(18-3)20-11-15-23-22-14-7-5-6-10-24(14)15/h5-7,10H,4,8-9,11H2,1-3H3,(H2,18,19,20). The van der Waals surface area contributed by atoms with E-state index < -0.39 is 0 Å². The Morgan fingerprint density at radius 3 is 2.92 bits per heavy atom. The van der Waals surface area contributed by atoms with Crippen molar-refractivity contribution in [2.24, 2.45) is 4.99 Å². The van der Waals surface area contributed by atoms with Crippen LogP contribution < -0.4 is 10.6 Å². The Balaban J connectivity index is 1.51. The number of aliphatic imine (C=N–C) groups is 1. The molecule has 0 aliphatic carbocycles. The molecule has 0 unspecified atom stereocenters. The molecular formula is C17H23N7S. The van der Waals surface area contributed by atoms with Crippen molar-refractivity contribution in [3.63, 3.8) is 0 Å². The number of hydrogen-bond acceptors (Lipinski definition) is 5. The predicted octanol–water partition coefficient (Wildman–Crippen LogP) is 1.96. The van der Waals surface area contributed by atoms with Gasteiger partial charge in [0.2, 0.25) is 0 Å². The second-order valence-corrected chi connectivity index (χ2v) is 6.90. The maximum atomic E-state index is 4.67. The second-order valence-electron chi connectivity index (χ2n) is 5.61. The average Bonchev–Trinajstić information content (AvgIpc) is 3.21. The smallest absolute Gasteiger partial charge is 0.191 e. The molecule has 0 bridgehead atoms. The van der Waals surface area contributed by atoms with Crippen LogP contribution in [0.25, 0.3) is 5.65 Å². The van der Waals surface area contributed by atoms with E-state index in [1.54, 1.807) is 18.4 Å². The summed E-state index contributed by atoms with van der Waals surface area (Å²) in [6.07, 6.45) is 3.84. The molecule has 0 saturated carbocycles. The highest BCUT2D eigenvalue weighted by Crippen LogP contribution is 2.17. The summed E-state index contributed by atoms with van der Waals surface area (Å²) in [7, 11) is 1.76. The fraction of sp³-hybridized carbons (Fsp3) is 0.412. The van der Waals surface area contributed by atoms with Crippen LogP contribution in [0.3, 0.4) is 0 Å². The first-order valence-corrected chi connectivity index (χ1v) is 9.21. The number of aryl methyl sites for hydroxylation is 2. The molecule has 3 aromatic rings. The number of nitrogens with one attached hydrogen (secondary N) is 2. The lowest BCUT2D eigenvalue weighted by atomic mass is 10.3. The molecule has 0 spiro atoms. The first-order valence-electron chi connectivity index (χ1n) is 8.39. The zero-order chi connectivity index (χ0) is 17.6. The Hall–Kier alpha value is -2.48. The minimum absolute atomic E-state index is 0.557. The molecule has 2 N–H and O–H groups in total. The highest BCUT2D eigenvalue weighted by atomic mass is 32.1. The molecule has 3 rings (SSSR count). The monoisotopic (exact) mass is 357 g/mol. The van der Waals surface area contributed by atoms with Crippen LogP contribution in [0.4, 0.5) is 0 Å². The number of rotatable bonds is 6. The van der Waals surface area contributed by atoms with Crippen molar-refractivity contribution in [3.05, 3.63) is 45.8 Å². The van der Waals surface area contributed by atoms with Crippen molar-refractivity contribution in [1.82, 2.24) is 30.2 Å². The van der Waals surface area contributed by atoms with E-state index in [4.69, 9.17) is 0 Å². The van der Waals surface area contributed by atoms with Crippen LogP contribution in [-0.4, -0.2) is 39.1 Å². The molecule has 0 fully saturated rings. The molecule has 132 valence electrons. The van der Waals surface area contributed by atoms with Crippen LogP contribution >= 0.6 is 11.3 Å². The molecule has 3 aromatic heterocycles. The van der Waals surface area contributed by atoms with Crippen LogP contribution in [0, 0.1) is 6.92 Å². The largest absolute Gasteiger partial charge is 0.356 e. The molecule has 3 heterocycles. The maximum absolute atomic E-state index is 4.67. The summed E-state index contributed by atoms with van der Waals surface area (Å²) in [5.41, 5.74) is 2.05. The third kappa shape index (κ3) is 4.14. The third-order valence-corrected chi connectivity index (χ3v) is 5.00. The zero-order valence-electron chi connectivity index (χ0n) is 14.8. The number of guanidine groups is 1. The minimum Gasteiger partial charge on any atom is -0.356 e. The van der Waals surface area contributed by atoms with E-state index in [9.17, 15) is 0 Å². The summed E-state index contributed by atoms with van der Waals surface area (Å²) < 4.78 is 1.96. The van der Waals surface area contributed by atoms with Crippen LogP contribution in [0.5, 0.6) is 0 Å². The van der Waals surface area contributed by atoms with Gasteiger partial charge in [-0.3, -0.25) is 9.39 Å². The Morgan fingerprint density at radius 1 is 1.28 bits per heavy atom. The van der Waals surface area contributed by atoms with Gasteiger partial charge in [0.1, 0.15) is 0 Å². The van der Waals surface area contributed by atoms with Crippen molar-refractivity contribution in [1.29, 1.82) is 0 Å². The Kier molecular flexibility index (Phi) is 5.60. The van der Waals surface area contributed by atoms with Gasteiger partial charge in [-0.1, -0.05) is 13.0 Å². The highest BCUT2D eigenvalue weighted by molar-refractivity contribution is 7.11. The molecule has 0 aliphatic rings. The molecule has 0 atom stereocenters. The lowest BCUT2D eigenvalue weighted by Gasteiger charge is -2.10. The molecule has 0 radical (unpaired) electrons. The molecule has 7 nitrogen and oxygen atoms in total. The normalized spacial score (nSPS) is 11.9. The molecule has 0 amide bonds. The van der Waals surface area contributed by atoms with Gasteiger partial charge in [-0.25, -0.2) is 4.98 Å². The maximum Gasteiger partial charge on any atom is 0.191 e. The van der Waals surface area contributed by atoms with Gasteiger partial charge in [-0.05, 0) is 25.5 Å². The van der Waals surface area contributed by atoms with Crippen molar-refractivity contribution < 1.29 is 0 Å². The number of nitrogens with zero attached hydrogens (tertiary/aromatic N) is 5. The fourth-order valence-electron chi connectivity index (χ4n) is 2.61. The van der Waals surface area contributed by atoms with Gasteiger partial charge in [-0.2, -0.15) is 0 Å². The first-order chi connectivity index (χ1) is 12.2. The van der Waals surface area contributed by atoms with Crippen molar-refractivity contribution >= 4 is 22.9 Å². The Morgan fingerprint density at radius 2 is 2.16 bits per heavy atom. The van der Waals surface area contributed by atoms with Gasteiger partial charge in [0.15, 0.2) is 17.4 Å². The summed E-state index contributed by atoms with van der Waals surface area (Å²) >= 11 is 1.78. The fourth-order valence-corrected chi connectivity index (χ4v) is 3.63. The van der Waals surface area contributed by atoms with E-state index in [-0.39, 0.29) is 0 Å². The quantitative estimate of drug-likeness (QED) is 0.521. The number of pyridine rings is 1. The van der Waals surface area contributed by atoms with Crippen LogP contribution in [0.1, 0.15) is 28.3 Å². The molecule has 8 heteroatoms. The SMILES string of the molecule is CCc1nc(CCNC(=NC)NCc2nnc3ccccn23)sc1C. The number of thiazole rings is 1. The second kappa shape index (κ2) is 8.06. The lowest BCUT2D eigenvalue weighted by Crippen LogP contribution is -2.38. The molecule has 0 aliphatic heterocycles. The summed E-state index contributed by atoms with van der Waals surface area (Å²) in [4.78, 5) is 10.2. The van der Waals surface area contributed by atoms with Gasteiger partial charge < -0.3 is 10.6 Å². The van der Waals surface area contributed by atoms with Gasteiger partial charge >= 0.3 is 0 Å². The molecular weight excluding hydrogens is 334 g/mol. The minimum atomic E-state index is 0.557. The third-order valence-electron chi connectivity index (χ3n) is 3.93. The van der Waals surface area contributed by atoms with Crippen molar-refractivity contribution in [2.45, 2.75) is 33.2 Å². The zero-order valence-corrected chi connectivity index (χ0v) is 15.6. The molecule has 0 aromatic carbocycles. The van der Waals surface area contributed by atoms with Crippen LogP contribution in [0.2, 0.25) is 0 Å². The van der Waals surface area contributed by atoms with E-state index in [0.717, 1.165) is 36.8 Å². The lowest BCUT2D eigenvalue weighted by molar-refractivity contribution is 0.755. The van der Waals surface area contributed by atoms with Crippen molar-refractivity contribution in [3.8, 4) is 0 Å². The van der Waals surface area contributed by atoms with Gasteiger partial charge in [0.25, 0.3) is 0 Å². The van der Waals surface area contributed by atoms with E-state index >= 15 is 0 Å². The first kappa shape index (κ1) is 17.3. The van der Waals surface area contributed by atoms with E-state index in [1.807, 2.05) is 28.8 Å². The summed E-state index contributed by atoms with van der Waals surface area (Å²) in [5.74, 6) is 1.60. The number of hydrogen-bond donors (Lipinski definition) is 2. The van der Waals surface area contributed by atoms with Crippen LogP contribution in [-0.2, 0) is 19.4 Å². The summed E-state index contributed by atoms with van der Waals surface area (Å²) in [5, 5.41) is 16.1. The van der Waals surface area contributed by atoms with Gasteiger partial charge in [-0.15, -0.1) is 21.5 Å². The average molecular weight is 357 g/mol. The highest BCUT2D eigenvalue weighted by Gasteiger charge is 2.07. The van der Waals surface area contributed by atoms with Crippen molar-refractivity contribution in [2.75, 3.05) is 13.6 Å². The Labute approximate surface area is 151 Å². The molecule has 25 heavy (non-hydrogen) atoms. The summed E-state index contributed by atoms with van der Waals surface area (Å²) in [6.45, 7) is 5.62. The molecule has 0 saturated heterocycles. The van der Waals surface area contributed by atoms with E-state index in [2.05, 4.69) is 44.7 Å². The summed E-state index contributed by atoms with van der Waals surface area (Å²) in [6, 6.07) is 5.85. The Bertz CT molecular complexity index is 865. The van der Waals surface area contributed by atoms with E-state index in [0.29, 0.717) is 6.54 Å². The van der Waals surface area contributed by atoms with E-state index in [1.165, 1.54) is 15.6 Å². The predicted molar refractivity (Wildman–Crippen MR) is 101 cm³/mol. The topological polar surface area (TPSA) is 79.5 Å². The van der Waals surface area contributed by atoms with Crippen LogP contribution in [0.15, 0.2) is 29.4 Å². The number of aromatic nitrogens is 4. The van der Waals surface area contributed by atoms with Gasteiger partial charge in [0.05, 0.1) is 17.2 Å².